The van der Waals surface area contributed by atoms with Crippen molar-refractivity contribution in [3.63, 3.8) is 0 Å². The lowest BCUT2D eigenvalue weighted by molar-refractivity contribution is -0.275. The standard InChI is InChI=1S/C8H9F3N2O4S/c1-4-6(18(12,14)15)5(17-8(9,10)11)3-13-7(4)16-2/h3H,1-2H3,(H2,12,14,15). The number of nitrogens with zero attached hydrogens (tertiary/aromatic N) is 1. The molecule has 102 valence electrons. The quantitative estimate of drug-likeness (QED) is 0.893. The van der Waals surface area contributed by atoms with Crippen molar-refractivity contribution in [1.29, 1.82) is 0 Å². The maximum atomic E-state index is 12.1. The van der Waals surface area contributed by atoms with Gasteiger partial charge in [0.15, 0.2) is 5.75 Å². The molecule has 18 heavy (non-hydrogen) atoms. The highest BCUT2D eigenvalue weighted by Crippen LogP contribution is 2.33. The van der Waals surface area contributed by atoms with Gasteiger partial charge in [0, 0.05) is 5.56 Å². The summed E-state index contributed by atoms with van der Waals surface area (Å²) < 4.78 is 67.1. The number of hydrogen-bond acceptors (Lipinski definition) is 5. The molecule has 0 aliphatic rings. The second-order valence-electron chi connectivity index (χ2n) is 3.18. The number of primary sulfonamides is 1. The van der Waals surface area contributed by atoms with Crippen LogP contribution in [0.3, 0.4) is 0 Å². The van der Waals surface area contributed by atoms with Crippen molar-refractivity contribution in [1.82, 2.24) is 4.98 Å². The second kappa shape index (κ2) is 4.61. The van der Waals surface area contributed by atoms with Crippen LogP contribution in [-0.2, 0) is 10.0 Å². The minimum atomic E-state index is -5.05. The zero-order chi connectivity index (χ0) is 14.1. The summed E-state index contributed by atoms with van der Waals surface area (Å²) >= 11 is 0. The fourth-order valence-corrected chi connectivity index (χ4v) is 2.20. The number of halogens is 3. The fourth-order valence-electron chi connectivity index (χ4n) is 1.31. The molecule has 0 aliphatic carbocycles. The Bertz CT molecular complexity index is 556. The third kappa shape index (κ3) is 3.23. The summed E-state index contributed by atoms with van der Waals surface area (Å²) in [5.74, 6) is -1.16. The summed E-state index contributed by atoms with van der Waals surface area (Å²) in [6.45, 7) is 1.20. The van der Waals surface area contributed by atoms with E-state index in [-0.39, 0.29) is 11.4 Å². The fraction of sp³-hybridized carbons (Fsp3) is 0.375. The molecule has 1 aromatic heterocycles. The zero-order valence-electron chi connectivity index (χ0n) is 9.28. The van der Waals surface area contributed by atoms with Gasteiger partial charge in [0.25, 0.3) is 0 Å². The van der Waals surface area contributed by atoms with Crippen LogP contribution in [0.25, 0.3) is 0 Å². The monoisotopic (exact) mass is 286 g/mol. The van der Waals surface area contributed by atoms with Crippen LogP contribution in [-0.4, -0.2) is 26.9 Å². The van der Waals surface area contributed by atoms with Gasteiger partial charge in [-0.2, -0.15) is 0 Å². The average Bonchev–Trinajstić information content (AvgIpc) is 2.13. The molecule has 0 aromatic carbocycles. The zero-order valence-corrected chi connectivity index (χ0v) is 10.1. The summed E-state index contributed by atoms with van der Waals surface area (Å²) in [7, 11) is -3.23. The van der Waals surface area contributed by atoms with E-state index in [9.17, 15) is 21.6 Å². The van der Waals surface area contributed by atoms with Crippen molar-refractivity contribution >= 4 is 10.0 Å². The van der Waals surface area contributed by atoms with Gasteiger partial charge < -0.3 is 9.47 Å². The molecule has 0 aliphatic heterocycles. The molecule has 0 bridgehead atoms. The van der Waals surface area contributed by atoms with Crippen LogP contribution in [0.4, 0.5) is 13.2 Å². The summed E-state index contributed by atoms with van der Waals surface area (Å²) in [4.78, 5) is 2.67. The number of alkyl halides is 3. The van der Waals surface area contributed by atoms with E-state index in [1.54, 1.807) is 0 Å². The lowest BCUT2D eigenvalue weighted by Gasteiger charge is -2.14. The molecule has 0 saturated carbocycles. The van der Waals surface area contributed by atoms with E-state index < -0.39 is 27.0 Å². The van der Waals surface area contributed by atoms with Crippen molar-refractivity contribution in [2.75, 3.05) is 7.11 Å². The highest BCUT2D eigenvalue weighted by molar-refractivity contribution is 7.89. The van der Waals surface area contributed by atoms with E-state index in [4.69, 9.17) is 9.88 Å². The Morgan fingerprint density at radius 3 is 2.33 bits per heavy atom. The Hall–Kier alpha value is -1.55. The molecule has 0 saturated heterocycles. The Balaban J connectivity index is 3.50. The van der Waals surface area contributed by atoms with Crippen LogP contribution < -0.4 is 14.6 Å². The first-order chi connectivity index (χ1) is 8.06. The average molecular weight is 286 g/mol. The molecular weight excluding hydrogens is 277 g/mol. The van der Waals surface area contributed by atoms with Crippen LogP contribution in [0.2, 0.25) is 0 Å². The van der Waals surface area contributed by atoms with E-state index >= 15 is 0 Å². The van der Waals surface area contributed by atoms with Gasteiger partial charge >= 0.3 is 6.36 Å². The number of methoxy groups -OCH3 is 1. The SMILES string of the molecule is COc1ncc(OC(F)(F)F)c(S(N)(=O)=O)c1C. The number of sulfonamides is 1. The van der Waals surface area contributed by atoms with Crippen molar-refractivity contribution in [2.45, 2.75) is 18.2 Å². The molecule has 0 unspecified atom stereocenters. The molecule has 0 spiro atoms. The van der Waals surface area contributed by atoms with Crippen molar-refractivity contribution < 1.29 is 31.1 Å². The molecular formula is C8H9F3N2O4S. The first-order valence-corrected chi connectivity index (χ1v) is 5.93. The summed E-state index contributed by atoms with van der Waals surface area (Å²) in [5.41, 5.74) is -0.165. The number of pyridine rings is 1. The maximum absolute atomic E-state index is 12.1. The van der Waals surface area contributed by atoms with Gasteiger partial charge in [-0.1, -0.05) is 0 Å². The Kier molecular flexibility index (Phi) is 3.72. The molecule has 6 nitrogen and oxygen atoms in total. The number of rotatable bonds is 3. The van der Waals surface area contributed by atoms with E-state index in [1.807, 2.05) is 0 Å². The molecule has 2 N–H and O–H groups in total. The molecule has 10 heteroatoms. The van der Waals surface area contributed by atoms with Gasteiger partial charge in [0.2, 0.25) is 15.9 Å². The Morgan fingerprint density at radius 1 is 1.39 bits per heavy atom. The smallest absolute Gasteiger partial charge is 0.481 e. The van der Waals surface area contributed by atoms with Crippen LogP contribution in [0.5, 0.6) is 11.6 Å². The molecule has 0 fully saturated rings. The first kappa shape index (κ1) is 14.5. The highest BCUT2D eigenvalue weighted by atomic mass is 32.2. The second-order valence-corrected chi connectivity index (χ2v) is 4.68. The minimum absolute atomic E-state index is 0.159. The first-order valence-electron chi connectivity index (χ1n) is 4.38. The van der Waals surface area contributed by atoms with Crippen LogP contribution in [0.15, 0.2) is 11.1 Å². The Labute approximate surface area is 101 Å². The van der Waals surface area contributed by atoms with Gasteiger partial charge in [0.05, 0.1) is 13.3 Å². The van der Waals surface area contributed by atoms with E-state index in [0.717, 1.165) is 0 Å². The largest absolute Gasteiger partial charge is 0.573 e. The van der Waals surface area contributed by atoms with Gasteiger partial charge in [0.1, 0.15) is 4.90 Å². The predicted octanol–water partition coefficient (Wildman–Crippen LogP) is 0.945. The van der Waals surface area contributed by atoms with Crippen LogP contribution in [0, 0.1) is 6.92 Å². The van der Waals surface area contributed by atoms with E-state index in [0.29, 0.717) is 6.20 Å². The molecule has 1 rings (SSSR count). The lowest BCUT2D eigenvalue weighted by Crippen LogP contribution is -2.22. The van der Waals surface area contributed by atoms with E-state index in [1.165, 1.54) is 14.0 Å². The maximum Gasteiger partial charge on any atom is 0.573 e. The molecule has 1 aromatic rings. The number of aromatic nitrogens is 1. The van der Waals surface area contributed by atoms with Gasteiger partial charge in [-0.15, -0.1) is 13.2 Å². The topological polar surface area (TPSA) is 91.5 Å². The molecule has 1 heterocycles. The van der Waals surface area contributed by atoms with Gasteiger partial charge in [-0.25, -0.2) is 18.5 Å². The molecule has 0 atom stereocenters. The number of nitrogens with two attached hydrogens (primary N) is 1. The van der Waals surface area contributed by atoms with Gasteiger partial charge in [-0.05, 0) is 6.92 Å². The van der Waals surface area contributed by atoms with Crippen LogP contribution >= 0.6 is 0 Å². The normalized spacial score (nSPS) is 12.3. The third-order valence-corrected chi connectivity index (χ3v) is 2.96. The van der Waals surface area contributed by atoms with Crippen molar-refractivity contribution in [3.8, 4) is 11.6 Å². The number of ether oxygens (including phenoxy) is 2. The van der Waals surface area contributed by atoms with Gasteiger partial charge in [-0.3, -0.25) is 0 Å². The summed E-state index contributed by atoms with van der Waals surface area (Å²) in [6, 6.07) is 0. The lowest BCUT2D eigenvalue weighted by atomic mass is 10.3. The predicted molar refractivity (Wildman–Crippen MR) is 53.6 cm³/mol. The van der Waals surface area contributed by atoms with E-state index in [2.05, 4.69) is 9.72 Å². The highest BCUT2D eigenvalue weighted by Gasteiger charge is 2.35. The van der Waals surface area contributed by atoms with Crippen LogP contribution in [0.1, 0.15) is 5.56 Å². The minimum Gasteiger partial charge on any atom is -0.481 e. The van der Waals surface area contributed by atoms with Crippen molar-refractivity contribution in [2.24, 2.45) is 5.14 Å². The number of hydrogen-bond donors (Lipinski definition) is 1. The summed E-state index contributed by atoms with van der Waals surface area (Å²) in [6.07, 6.45) is -4.47. The third-order valence-electron chi connectivity index (χ3n) is 1.89. The molecule has 0 amide bonds. The Morgan fingerprint density at radius 2 is 1.94 bits per heavy atom. The summed E-state index contributed by atoms with van der Waals surface area (Å²) in [5, 5.41) is 4.84. The molecule has 0 radical (unpaired) electrons. The van der Waals surface area contributed by atoms with Crippen molar-refractivity contribution in [3.05, 3.63) is 11.8 Å².